The minimum Gasteiger partial charge on any atom is -0.480 e. The predicted molar refractivity (Wildman–Crippen MR) is 75.8 cm³/mol. The fourth-order valence-corrected chi connectivity index (χ4v) is 2.93. The molecule has 1 saturated carbocycles. The zero-order valence-corrected chi connectivity index (χ0v) is 12.0. The Kier molecular flexibility index (Phi) is 3.95. The van der Waals surface area contributed by atoms with Crippen molar-refractivity contribution in [2.75, 3.05) is 5.32 Å². The monoisotopic (exact) mass is 311 g/mol. The number of anilines is 1. The summed E-state index contributed by atoms with van der Waals surface area (Å²) in [7, 11) is 0. The number of hydrogen-bond acceptors (Lipinski definition) is 2. The van der Waals surface area contributed by atoms with Crippen LogP contribution in [-0.4, -0.2) is 16.6 Å². The maximum absolute atomic E-state index is 11.6. The average Bonchev–Trinajstić information content (AvgIpc) is 2.77. The first kappa shape index (κ1) is 13.4. The fraction of sp³-hybridized carbons (Fsp3) is 0.500. The Morgan fingerprint density at radius 2 is 2.17 bits per heavy atom. The lowest BCUT2D eigenvalue weighted by Gasteiger charge is -2.27. The first-order valence-corrected chi connectivity index (χ1v) is 7.12. The van der Waals surface area contributed by atoms with Gasteiger partial charge in [-0.2, -0.15) is 0 Å². The summed E-state index contributed by atoms with van der Waals surface area (Å²) in [5.74, 6) is -0.217. The van der Waals surface area contributed by atoms with E-state index >= 15 is 0 Å². The van der Waals surface area contributed by atoms with Crippen molar-refractivity contribution in [3.63, 3.8) is 0 Å². The van der Waals surface area contributed by atoms with Crippen molar-refractivity contribution in [1.82, 2.24) is 0 Å². The van der Waals surface area contributed by atoms with E-state index in [1.54, 1.807) is 0 Å². The molecule has 2 N–H and O–H groups in total. The molecule has 1 aliphatic rings. The number of carboxylic acids is 1. The summed E-state index contributed by atoms with van der Waals surface area (Å²) in [4.78, 5) is 11.6. The number of halogens is 1. The lowest BCUT2D eigenvalue weighted by Crippen LogP contribution is -2.44. The molecule has 1 aromatic carbocycles. The number of carboxylic acid groups (broad SMARTS) is 1. The third-order valence-electron chi connectivity index (χ3n) is 3.83. The lowest BCUT2D eigenvalue weighted by atomic mass is 9.94. The van der Waals surface area contributed by atoms with Gasteiger partial charge >= 0.3 is 5.97 Å². The second kappa shape index (κ2) is 5.31. The molecule has 0 aliphatic heterocycles. The number of nitrogens with one attached hydrogen (secondary N) is 1. The number of hydrogen-bond donors (Lipinski definition) is 2. The van der Waals surface area contributed by atoms with Crippen LogP contribution >= 0.6 is 15.9 Å². The Hall–Kier alpha value is -1.03. The van der Waals surface area contributed by atoms with Gasteiger partial charge in [-0.3, -0.25) is 0 Å². The van der Waals surface area contributed by atoms with E-state index in [9.17, 15) is 9.90 Å². The highest BCUT2D eigenvalue weighted by Crippen LogP contribution is 2.39. The summed E-state index contributed by atoms with van der Waals surface area (Å²) >= 11 is 3.38. The summed E-state index contributed by atoms with van der Waals surface area (Å²) < 4.78 is 0.996. The number of benzene rings is 1. The Morgan fingerprint density at radius 1 is 1.50 bits per heavy atom. The van der Waals surface area contributed by atoms with Gasteiger partial charge in [0.15, 0.2) is 0 Å². The largest absolute Gasteiger partial charge is 0.480 e. The first-order chi connectivity index (χ1) is 8.55. The van der Waals surface area contributed by atoms with Crippen LogP contribution in [-0.2, 0) is 4.79 Å². The van der Waals surface area contributed by atoms with Gasteiger partial charge in [-0.15, -0.1) is 0 Å². The van der Waals surface area contributed by atoms with Crippen LogP contribution in [0.15, 0.2) is 28.7 Å². The molecule has 2 unspecified atom stereocenters. The van der Waals surface area contributed by atoms with Gasteiger partial charge in [0.05, 0.1) is 0 Å². The number of rotatable bonds is 4. The van der Waals surface area contributed by atoms with Gasteiger partial charge in [0.2, 0.25) is 0 Å². The summed E-state index contributed by atoms with van der Waals surface area (Å²) in [5.41, 5.74) is 0.0893. The summed E-state index contributed by atoms with van der Waals surface area (Å²) in [6.07, 6.45) is 3.47. The Labute approximate surface area is 116 Å². The van der Waals surface area contributed by atoms with Crippen molar-refractivity contribution in [2.24, 2.45) is 5.92 Å². The molecule has 1 fully saturated rings. The van der Waals surface area contributed by atoms with Crippen LogP contribution in [0.3, 0.4) is 0 Å². The molecule has 0 aromatic heterocycles. The first-order valence-electron chi connectivity index (χ1n) is 6.33. The van der Waals surface area contributed by atoms with Crippen molar-refractivity contribution in [3.05, 3.63) is 28.7 Å². The van der Waals surface area contributed by atoms with Crippen LogP contribution < -0.4 is 5.32 Å². The Balaban J connectivity index is 2.17. The number of carbonyl (C=O) groups is 1. The molecule has 1 aromatic rings. The summed E-state index contributed by atoms with van der Waals surface area (Å²) in [6, 6.07) is 7.66. The molecule has 18 heavy (non-hydrogen) atoms. The van der Waals surface area contributed by atoms with E-state index in [-0.39, 0.29) is 0 Å². The van der Waals surface area contributed by atoms with E-state index in [2.05, 4.69) is 28.2 Å². The molecule has 0 spiro atoms. The molecule has 1 aliphatic carbocycles. The molecule has 2 rings (SSSR count). The maximum Gasteiger partial charge on any atom is 0.329 e. The molecule has 0 radical (unpaired) electrons. The zero-order chi connectivity index (χ0) is 13.2. The van der Waals surface area contributed by atoms with Crippen molar-refractivity contribution in [2.45, 2.75) is 38.1 Å². The van der Waals surface area contributed by atoms with Gasteiger partial charge in [0, 0.05) is 10.2 Å². The second-order valence-corrected chi connectivity index (χ2v) is 5.95. The van der Waals surface area contributed by atoms with Crippen molar-refractivity contribution < 1.29 is 9.90 Å². The average molecular weight is 312 g/mol. The van der Waals surface area contributed by atoms with Crippen LogP contribution in [0.5, 0.6) is 0 Å². The topological polar surface area (TPSA) is 49.3 Å². The van der Waals surface area contributed by atoms with Gasteiger partial charge in [-0.05, 0) is 49.4 Å². The van der Waals surface area contributed by atoms with Crippen molar-refractivity contribution >= 4 is 27.6 Å². The van der Waals surface area contributed by atoms with E-state index in [0.29, 0.717) is 12.3 Å². The highest BCUT2D eigenvalue weighted by Gasteiger charge is 2.44. The number of aliphatic carboxylic acids is 1. The summed E-state index contributed by atoms with van der Waals surface area (Å²) in [6.45, 7) is 2.13. The lowest BCUT2D eigenvalue weighted by molar-refractivity contribution is -0.142. The SMILES string of the molecule is CCC1CCC(Nc2ccc(Br)cc2)(C(=O)O)C1. The molecule has 0 saturated heterocycles. The van der Waals surface area contributed by atoms with Crippen molar-refractivity contribution in [1.29, 1.82) is 0 Å². The van der Waals surface area contributed by atoms with Gasteiger partial charge in [0.25, 0.3) is 0 Å². The maximum atomic E-state index is 11.6. The molecule has 4 heteroatoms. The molecule has 0 heterocycles. The van der Waals surface area contributed by atoms with Crippen LogP contribution in [0.1, 0.15) is 32.6 Å². The molecular formula is C14H18BrNO2. The Morgan fingerprint density at radius 3 is 2.67 bits per heavy atom. The summed E-state index contributed by atoms with van der Waals surface area (Å²) in [5, 5.41) is 12.7. The van der Waals surface area contributed by atoms with E-state index in [4.69, 9.17) is 0 Å². The van der Waals surface area contributed by atoms with Crippen molar-refractivity contribution in [3.8, 4) is 0 Å². The van der Waals surface area contributed by atoms with Gasteiger partial charge in [0.1, 0.15) is 5.54 Å². The fourth-order valence-electron chi connectivity index (χ4n) is 2.67. The molecule has 2 atom stereocenters. The van der Waals surface area contributed by atoms with Crippen LogP contribution in [0.4, 0.5) is 5.69 Å². The molecule has 98 valence electrons. The third kappa shape index (κ3) is 2.69. The normalized spacial score (nSPS) is 27.1. The van der Waals surface area contributed by atoms with Gasteiger partial charge < -0.3 is 10.4 Å². The highest BCUT2D eigenvalue weighted by molar-refractivity contribution is 9.10. The minimum absolute atomic E-state index is 0.518. The van der Waals surface area contributed by atoms with E-state index in [1.165, 1.54) is 0 Å². The Bertz CT molecular complexity index is 432. The van der Waals surface area contributed by atoms with Crippen LogP contribution in [0, 0.1) is 5.92 Å². The molecule has 3 nitrogen and oxygen atoms in total. The molecular weight excluding hydrogens is 294 g/mol. The standard InChI is InChI=1S/C14H18BrNO2/c1-2-10-7-8-14(9-10,13(17)18)16-12-5-3-11(15)4-6-12/h3-6,10,16H,2,7-9H2,1H3,(H,17,18). The quantitative estimate of drug-likeness (QED) is 0.886. The second-order valence-electron chi connectivity index (χ2n) is 5.04. The smallest absolute Gasteiger partial charge is 0.329 e. The minimum atomic E-state index is -0.783. The molecule has 0 amide bonds. The predicted octanol–water partition coefficient (Wildman–Crippen LogP) is 3.89. The molecule has 0 bridgehead atoms. The highest BCUT2D eigenvalue weighted by atomic mass is 79.9. The van der Waals surface area contributed by atoms with Crippen LogP contribution in [0.25, 0.3) is 0 Å². The van der Waals surface area contributed by atoms with E-state index in [1.807, 2.05) is 24.3 Å². The van der Waals surface area contributed by atoms with Gasteiger partial charge in [-0.1, -0.05) is 29.3 Å². The van der Waals surface area contributed by atoms with Crippen LogP contribution in [0.2, 0.25) is 0 Å². The zero-order valence-electron chi connectivity index (χ0n) is 10.4. The van der Waals surface area contributed by atoms with Gasteiger partial charge in [-0.25, -0.2) is 4.79 Å². The third-order valence-corrected chi connectivity index (χ3v) is 4.36. The van der Waals surface area contributed by atoms with E-state index < -0.39 is 11.5 Å². The van der Waals surface area contributed by atoms with E-state index in [0.717, 1.165) is 29.4 Å².